The van der Waals surface area contributed by atoms with E-state index in [1.807, 2.05) is 24.7 Å². The zero-order valence-electron chi connectivity index (χ0n) is 15.1. The van der Waals surface area contributed by atoms with Crippen LogP contribution in [0.2, 0.25) is 0 Å². The van der Waals surface area contributed by atoms with Gasteiger partial charge in [-0.3, -0.25) is 14.4 Å². The molecule has 1 amide bonds. The molecule has 0 radical (unpaired) electrons. The summed E-state index contributed by atoms with van der Waals surface area (Å²) in [6.07, 6.45) is 5.07. The summed E-state index contributed by atoms with van der Waals surface area (Å²) >= 11 is 1.33. The fourth-order valence-corrected chi connectivity index (χ4v) is 3.40. The Balaban J connectivity index is 1.59. The Labute approximate surface area is 164 Å². The summed E-state index contributed by atoms with van der Waals surface area (Å²) < 4.78 is 14.8. The summed E-state index contributed by atoms with van der Waals surface area (Å²) in [4.78, 5) is 27.1. The van der Waals surface area contributed by atoms with Crippen LogP contribution < -0.4 is 4.90 Å². The first-order valence-electron chi connectivity index (χ1n) is 8.32. The molecule has 0 aliphatic rings. The van der Waals surface area contributed by atoms with E-state index >= 15 is 0 Å². The van der Waals surface area contributed by atoms with Crippen LogP contribution in [-0.4, -0.2) is 37.7 Å². The molecule has 0 spiro atoms. The van der Waals surface area contributed by atoms with Crippen LogP contribution in [0, 0.1) is 5.82 Å². The highest BCUT2D eigenvalue weighted by molar-refractivity contribution is 7.14. The van der Waals surface area contributed by atoms with E-state index in [1.165, 1.54) is 46.8 Å². The Bertz CT molecular complexity index is 1140. The Hall–Kier alpha value is -3.46. The molecule has 0 fully saturated rings. The van der Waals surface area contributed by atoms with Crippen molar-refractivity contribution in [3.63, 3.8) is 0 Å². The number of halogens is 1. The number of anilines is 1. The summed E-state index contributed by atoms with van der Waals surface area (Å²) in [5.74, 6) is -0.649. The minimum Gasteiger partial charge on any atom is -0.287 e. The highest BCUT2D eigenvalue weighted by atomic mass is 32.1. The van der Waals surface area contributed by atoms with Gasteiger partial charge in [0.05, 0.1) is 17.6 Å². The minimum atomic E-state index is -0.385. The van der Waals surface area contributed by atoms with E-state index in [1.54, 1.807) is 17.9 Å². The maximum absolute atomic E-state index is 13.1. The quantitative estimate of drug-likeness (QED) is 0.530. The Morgan fingerprint density at radius 1 is 1.14 bits per heavy atom. The normalized spacial score (nSPS) is 10.8. The predicted molar refractivity (Wildman–Crippen MR) is 104 cm³/mol. The lowest BCUT2D eigenvalue weighted by Crippen LogP contribution is -2.26. The number of benzene rings is 1. The molecular weight excluding hydrogens is 379 g/mol. The van der Waals surface area contributed by atoms with Crippen molar-refractivity contribution in [2.24, 2.45) is 7.05 Å². The average molecular weight is 394 g/mol. The lowest BCUT2D eigenvalue weighted by molar-refractivity contribution is 0.0993. The molecule has 9 heteroatoms. The van der Waals surface area contributed by atoms with Gasteiger partial charge in [0.1, 0.15) is 17.8 Å². The molecule has 0 atom stereocenters. The van der Waals surface area contributed by atoms with Gasteiger partial charge in [0.25, 0.3) is 5.91 Å². The molecule has 0 N–H and O–H groups in total. The highest BCUT2D eigenvalue weighted by Crippen LogP contribution is 2.28. The third-order valence-electron chi connectivity index (χ3n) is 4.10. The number of hydrogen-bond acceptors (Lipinski definition) is 6. The van der Waals surface area contributed by atoms with Crippen molar-refractivity contribution in [3.8, 4) is 22.6 Å². The van der Waals surface area contributed by atoms with Crippen molar-refractivity contribution in [3.05, 3.63) is 65.8 Å². The van der Waals surface area contributed by atoms with E-state index in [9.17, 15) is 9.18 Å². The molecule has 1 aromatic carbocycles. The van der Waals surface area contributed by atoms with Crippen molar-refractivity contribution in [2.45, 2.75) is 0 Å². The average Bonchev–Trinajstić information content (AvgIpc) is 3.37. The smallest absolute Gasteiger partial charge is 0.259 e. The third kappa shape index (κ3) is 3.52. The van der Waals surface area contributed by atoms with E-state index in [-0.39, 0.29) is 11.7 Å². The second-order valence-electron chi connectivity index (χ2n) is 6.08. The Kier molecular flexibility index (Phi) is 4.66. The van der Waals surface area contributed by atoms with Crippen LogP contribution >= 0.6 is 11.3 Å². The van der Waals surface area contributed by atoms with Crippen LogP contribution in [0.3, 0.4) is 0 Å². The van der Waals surface area contributed by atoms with Crippen molar-refractivity contribution < 1.29 is 9.18 Å². The number of carbonyl (C=O) groups excluding carboxylic acids is 1. The number of thiazole rings is 1. The topological polar surface area (TPSA) is 76.8 Å². The van der Waals surface area contributed by atoms with E-state index in [0.29, 0.717) is 22.1 Å². The molecule has 140 valence electrons. The molecule has 0 saturated carbocycles. The van der Waals surface area contributed by atoms with Crippen LogP contribution in [0.15, 0.2) is 54.4 Å². The first-order valence-corrected chi connectivity index (χ1v) is 9.20. The summed E-state index contributed by atoms with van der Waals surface area (Å²) in [5.41, 5.74) is 3.31. The zero-order valence-corrected chi connectivity index (χ0v) is 15.9. The van der Waals surface area contributed by atoms with Crippen LogP contribution in [0.5, 0.6) is 0 Å². The van der Waals surface area contributed by atoms with Gasteiger partial charge in [0, 0.05) is 36.8 Å². The van der Waals surface area contributed by atoms with E-state index in [0.717, 1.165) is 11.3 Å². The molecule has 7 nitrogen and oxygen atoms in total. The number of carbonyl (C=O) groups is 1. The molecule has 0 unspecified atom stereocenters. The number of hydrogen-bond donors (Lipinski definition) is 0. The molecular formula is C19H15FN6OS. The van der Waals surface area contributed by atoms with Crippen molar-refractivity contribution >= 4 is 22.4 Å². The standard InChI is InChI=1S/C19H15FN6OS/c1-25-9-13(8-23-25)15-7-16(22-11-21-15)17-10-28-19(24-17)26(2)18(27)12-3-5-14(20)6-4-12/h3-11H,1-2H3. The van der Waals surface area contributed by atoms with E-state index in [4.69, 9.17) is 0 Å². The lowest BCUT2D eigenvalue weighted by Gasteiger charge is -2.13. The molecule has 28 heavy (non-hydrogen) atoms. The molecule has 4 aromatic rings. The van der Waals surface area contributed by atoms with Gasteiger partial charge in [0.2, 0.25) is 0 Å². The fourth-order valence-electron chi connectivity index (χ4n) is 2.62. The summed E-state index contributed by atoms with van der Waals surface area (Å²) in [7, 11) is 3.47. The molecule has 3 heterocycles. The summed E-state index contributed by atoms with van der Waals surface area (Å²) in [5, 5.41) is 6.50. The zero-order chi connectivity index (χ0) is 19.7. The van der Waals surface area contributed by atoms with Crippen LogP contribution in [0.25, 0.3) is 22.6 Å². The monoisotopic (exact) mass is 394 g/mol. The number of rotatable bonds is 4. The predicted octanol–water partition coefficient (Wildman–Crippen LogP) is 3.42. The number of aryl methyl sites for hydroxylation is 1. The van der Waals surface area contributed by atoms with Crippen molar-refractivity contribution in [2.75, 3.05) is 11.9 Å². The molecule has 3 aromatic heterocycles. The summed E-state index contributed by atoms with van der Waals surface area (Å²) in [6.45, 7) is 0. The molecule has 4 rings (SSSR count). The Morgan fingerprint density at radius 3 is 2.61 bits per heavy atom. The van der Waals surface area contributed by atoms with Crippen molar-refractivity contribution in [1.29, 1.82) is 0 Å². The second kappa shape index (κ2) is 7.28. The molecule has 0 saturated heterocycles. The van der Waals surface area contributed by atoms with Gasteiger partial charge >= 0.3 is 0 Å². The van der Waals surface area contributed by atoms with E-state index in [2.05, 4.69) is 20.1 Å². The maximum Gasteiger partial charge on any atom is 0.259 e. The van der Waals surface area contributed by atoms with Gasteiger partial charge in [0.15, 0.2) is 5.13 Å². The van der Waals surface area contributed by atoms with Crippen molar-refractivity contribution in [1.82, 2.24) is 24.7 Å². The first kappa shape index (κ1) is 17.9. The van der Waals surface area contributed by atoms with Gasteiger partial charge in [-0.15, -0.1) is 11.3 Å². The van der Waals surface area contributed by atoms with Crippen LogP contribution in [0.4, 0.5) is 9.52 Å². The number of nitrogens with zero attached hydrogens (tertiary/aromatic N) is 6. The SMILES string of the molecule is CN(C(=O)c1ccc(F)cc1)c1nc(-c2cc(-c3cnn(C)c3)ncn2)cs1. The van der Waals surface area contributed by atoms with Gasteiger partial charge in [-0.05, 0) is 30.3 Å². The Morgan fingerprint density at radius 2 is 1.89 bits per heavy atom. The van der Waals surface area contributed by atoms with Gasteiger partial charge in [-0.25, -0.2) is 19.3 Å². The second-order valence-corrected chi connectivity index (χ2v) is 6.91. The van der Waals surface area contributed by atoms with Gasteiger partial charge in [-0.2, -0.15) is 5.10 Å². The van der Waals surface area contributed by atoms with Crippen LogP contribution in [0.1, 0.15) is 10.4 Å². The summed E-state index contributed by atoms with van der Waals surface area (Å²) in [6, 6.07) is 7.25. The van der Waals surface area contributed by atoms with E-state index < -0.39 is 0 Å². The first-order chi connectivity index (χ1) is 13.5. The molecule has 0 bridgehead atoms. The lowest BCUT2D eigenvalue weighted by atomic mass is 10.2. The number of aromatic nitrogens is 5. The highest BCUT2D eigenvalue weighted by Gasteiger charge is 2.18. The third-order valence-corrected chi connectivity index (χ3v) is 5.02. The minimum absolute atomic E-state index is 0.264. The largest absolute Gasteiger partial charge is 0.287 e. The van der Waals surface area contributed by atoms with Crippen LogP contribution in [-0.2, 0) is 7.05 Å². The van der Waals surface area contributed by atoms with Gasteiger partial charge < -0.3 is 0 Å². The molecule has 0 aliphatic heterocycles. The molecule has 0 aliphatic carbocycles. The maximum atomic E-state index is 13.1. The number of amides is 1. The van der Waals surface area contributed by atoms with Gasteiger partial charge in [-0.1, -0.05) is 0 Å². The fraction of sp³-hybridized carbons (Fsp3) is 0.105.